The Labute approximate surface area is 129 Å². The largest absolute Gasteiger partial charge is 0.271 e. The number of rotatable bonds is 4. The summed E-state index contributed by atoms with van der Waals surface area (Å²) in [7, 11) is 0. The molecule has 1 atom stereocenters. The van der Waals surface area contributed by atoms with Gasteiger partial charge in [0, 0.05) is 5.02 Å². The molecular formula is C18H17ClN2. The fraction of sp³-hybridized carbons (Fsp3) is 0.111. The van der Waals surface area contributed by atoms with Crippen molar-refractivity contribution >= 4 is 22.4 Å². The van der Waals surface area contributed by atoms with Crippen molar-refractivity contribution in [1.82, 2.24) is 5.43 Å². The fourth-order valence-electron chi connectivity index (χ4n) is 2.60. The van der Waals surface area contributed by atoms with Crippen LogP contribution in [-0.4, -0.2) is 0 Å². The third-order valence-corrected chi connectivity index (χ3v) is 3.94. The minimum atomic E-state index is 0.0630. The molecule has 106 valence electrons. The highest BCUT2D eigenvalue weighted by molar-refractivity contribution is 6.30. The number of benzene rings is 3. The maximum Gasteiger partial charge on any atom is 0.0500 e. The predicted octanol–water partition coefficient (Wildman–Crippen LogP) is 4.24. The van der Waals surface area contributed by atoms with E-state index in [2.05, 4.69) is 41.8 Å². The average Bonchev–Trinajstić information content (AvgIpc) is 2.52. The Hall–Kier alpha value is -1.87. The van der Waals surface area contributed by atoms with Gasteiger partial charge in [0.05, 0.1) is 6.04 Å². The molecule has 3 aromatic rings. The molecule has 0 amide bonds. The summed E-state index contributed by atoms with van der Waals surface area (Å²) < 4.78 is 0. The van der Waals surface area contributed by atoms with Crippen LogP contribution in [0.4, 0.5) is 0 Å². The molecule has 0 spiro atoms. The molecule has 0 aliphatic carbocycles. The third kappa shape index (κ3) is 3.24. The lowest BCUT2D eigenvalue weighted by molar-refractivity contribution is 0.552. The van der Waals surface area contributed by atoms with Crippen molar-refractivity contribution in [1.29, 1.82) is 0 Å². The van der Waals surface area contributed by atoms with Gasteiger partial charge in [-0.15, -0.1) is 0 Å². The van der Waals surface area contributed by atoms with Crippen molar-refractivity contribution in [2.45, 2.75) is 12.5 Å². The lowest BCUT2D eigenvalue weighted by Crippen LogP contribution is -2.29. The van der Waals surface area contributed by atoms with Gasteiger partial charge in [-0.05, 0) is 46.5 Å². The first kappa shape index (κ1) is 14.1. The van der Waals surface area contributed by atoms with Crippen LogP contribution in [0.5, 0.6) is 0 Å². The molecule has 2 nitrogen and oxygen atoms in total. The first-order chi connectivity index (χ1) is 10.3. The van der Waals surface area contributed by atoms with E-state index in [9.17, 15) is 0 Å². The van der Waals surface area contributed by atoms with Crippen molar-refractivity contribution in [3.8, 4) is 0 Å². The Bertz CT molecular complexity index is 755. The van der Waals surface area contributed by atoms with Crippen LogP contribution in [0.15, 0.2) is 66.7 Å². The van der Waals surface area contributed by atoms with E-state index in [4.69, 9.17) is 17.4 Å². The van der Waals surface area contributed by atoms with Gasteiger partial charge < -0.3 is 0 Å². The van der Waals surface area contributed by atoms with E-state index in [1.165, 1.54) is 21.9 Å². The van der Waals surface area contributed by atoms with E-state index in [1.807, 2.05) is 30.3 Å². The summed E-state index contributed by atoms with van der Waals surface area (Å²) >= 11 is 6.04. The van der Waals surface area contributed by atoms with E-state index >= 15 is 0 Å². The van der Waals surface area contributed by atoms with Crippen LogP contribution in [0.3, 0.4) is 0 Å². The number of hydrogen-bond donors (Lipinski definition) is 2. The third-order valence-electron chi connectivity index (χ3n) is 3.71. The van der Waals surface area contributed by atoms with Gasteiger partial charge in [-0.25, -0.2) is 0 Å². The van der Waals surface area contributed by atoms with Gasteiger partial charge in [-0.1, -0.05) is 60.1 Å². The molecule has 0 saturated heterocycles. The van der Waals surface area contributed by atoms with Crippen molar-refractivity contribution in [3.63, 3.8) is 0 Å². The van der Waals surface area contributed by atoms with E-state index in [0.29, 0.717) is 0 Å². The van der Waals surface area contributed by atoms with Crippen LogP contribution < -0.4 is 11.3 Å². The second kappa shape index (κ2) is 6.27. The second-order valence-electron chi connectivity index (χ2n) is 5.16. The molecule has 3 N–H and O–H groups in total. The predicted molar refractivity (Wildman–Crippen MR) is 89.2 cm³/mol. The van der Waals surface area contributed by atoms with Crippen LogP contribution in [0, 0.1) is 0 Å². The number of nitrogens with one attached hydrogen (secondary N) is 1. The molecule has 0 radical (unpaired) electrons. The number of hydrogen-bond acceptors (Lipinski definition) is 2. The molecule has 1 unspecified atom stereocenters. The normalized spacial score (nSPS) is 12.5. The van der Waals surface area contributed by atoms with Gasteiger partial charge >= 0.3 is 0 Å². The van der Waals surface area contributed by atoms with Crippen LogP contribution in [0.1, 0.15) is 17.2 Å². The summed E-state index contributed by atoms with van der Waals surface area (Å²) in [6.45, 7) is 0. The topological polar surface area (TPSA) is 38.0 Å². The highest BCUT2D eigenvalue weighted by atomic mass is 35.5. The average molecular weight is 297 g/mol. The summed E-state index contributed by atoms with van der Waals surface area (Å²) in [6.07, 6.45) is 0.801. The van der Waals surface area contributed by atoms with E-state index in [-0.39, 0.29) is 6.04 Å². The summed E-state index contributed by atoms with van der Waals surface area (Å²) in [6, 6.07) is 22.7. The second-order valence-corrected chi connectivity index (χ2v) is 5.60. The van der Waals surface area contributed by atoms with E-state index in [1.54, 1.807) is 0 Å². The van der Waals surface area contributed by atoms with Gasteiger partial charge in [0.2, 0.25) is 0 Å². The van der Waals surface area contributed by atoms with Crippen LogP contribution >= 0.6 is 11.6 Å². The Balaban J connectivity index is 1.90. The van der Waals surface area contributed by atoms with Crippen molar-refractivity contribution < 1.29 is 0 Å². The molecule has 3 heteroatoms. The minimum absolute atomic E-state index is 0.0630. The SMILES string of the molecule is NNC(Cc1cccc(Cl)c1)c1ccc2ccccc2c1. The van der Waals surface area contributed by atoms with Crippen LogP contribution in [-0.2, 0) is 6.42 Å². The quantitative estimate of drug-likeness (QED) is 0.558. The van der Waals surface area contributed by atoms with Crippen LogP contribution in [0.2, 0.25) is 5.02 Å². The molecule has 0 fully saturated rings. The Kier molecular flexibility index (Phi) is 4.20. The van der Waals surface area contributed by atoms with Gasteiger partial charge in [0.1, 0.15) is 0 Å². The molecule has 0 saturated carbocycles. The highest BCUT2D eigenvalue weighted by Crippen LogP contribution is 2.23. The maximum atomic E-state index is 6.04. The molecular weight excluding hydrogens is 280 g/mol. The van der Waals surface area contributed by atoms with E-state index < -0.39 is 0 Å². The van der Waals surface area contributed by atoms with Crippen molar-refractivity contribution in [3.05, 3.63) is 82.9 Å². The summed E-state index contributed by atoms with van der Waals surface area (Å²) in [5.41, 5.74) is 5.25. The summed E-state index contributed by atoms with van der Waals surface area (Å²) in [5.74, 6) is 5.75. The summed E-state index contributed by atoms with van der Waals surface area (Å²) in [5, 5.41) is 3.21. The van der Waals surface area contributed by atoms with Crippen LogP contribution in [0.25, 0.3) is 10.8 Å². The summed E-state index contributed by atoms with van der Waals surface area (Å²) in [4.78, 5) is 0. The molecule has 0 aromatic heterocycles. The number of halogens is 1. The fourth-order valence-corrected chi connectivity index (χ4v) is 2.81. The zero-order valence-corrected chi connectivity index (χ0v) is 12.3. The number of fused-ring (bicyclic) bond motifs is 1. The molecule has 0 bridgehead atoms. The Morgan fingerprint density at radius 3 is 2.48 bits per heavy atom. The Morgan fingerprint density at radius 1 is 0.905 bits per heavy atom. The monoisotopic (exact) mass is 296 g/mol. The zero-order valence-electron chi connectivity index (χ0n) is 11.6. The van der Waals surface area contributed by atoms with Gasteiger partial charge in [-0.3, -0.25) is 11.3 Å². The van der Waals surface area contributed by atoms with Gasteiger partial charge in [-0.2, -0.15) is 0 Å². The van der Waals surface area contributed by atoms with Gasteiger partial charge in [0.15, 0.2) is 0 Å². The molecule has 0 heterocycles. The molecule has 0 aliphatic rings. The molecule has 0 aliphatic heterocycles. The number of nitrogens with two attached hydrogens (primary N) is 1. The van der Waals surface area contributed by atoms with E-state index in [0.717, 1.165) is 11.4 Å². The first-order valence-corrected chi connectivity index (χ1v) is 7.33. The van der Waals surface area contributed by atoms with Gasteiger partial charge in [0.25, 0.3) is 0 Å². The lowest BCUT2D eigenvalue weighted by atomic mass is 9.97. The first-order valence-electron chi connectivity index (χ1n) is 6.95. The lowest BCUT2D eigenvalue weighted by Gasteiger charge is -2.17. The number of hydrazine groups is 1. The smallest absolute Gasteiger partial charge is 0.0500 e. The zero-order chi connectivity index (χ0) is 14.7. The standard InChI is InChI=1S/C18H17ClN2/c19-17-7-3-4-13(10-17)11-18(21-20)16-9-8-14-5-1-2-6-15(14)12-16/h1-10,12,18,21H,11,20H2. The molecule has 21 heavy (non-hydrogen) atoms. The maximum absolute atomic E-state index is 6.04. The van der Waals surface area contributed by atoms with Crippen molar-refractivity contribution in [2.24, 2.45) is 5.84 Å². The minimum Gasteiger partial charge on any atom is -0.271 e. The molecule has 3 aromatic carbocycles. The van der Waals surface area contributed by atoms with Crippen molar-refractivity contribution in [2.75, 3.05) is 0 Å². The molecule has 3 rings (SSSR count). The Morgan fingerprint density at radius 2 is 1.71 bits per heavy atom. The highest BCUT2D eigenvalue weighted by Gasteiger charge is 2.11.